The van der Waals surface area contributed by atoms with Gasteiger partial charge in [-0.1, -0.05) is 12.1 Å². The van der Waals surface area contributed by atoms with Gasteiger partial charge in [-0.05, 0) is 61.9 Å². The molecular weight excluding hydrogens is 338 g/mol. The molecule has 0 bridgehead atoms. The molecule has 0 aromatic heterocycles. The summed E-state index contributed by atoms with van der Waals surface area (Å²) in [4.78, 5) is 5.11. The molecule has 1 atom stereocenters. The maximum Gasteiger partial charge on any atom is 0.119 e. The molecule has 3 saturated heterocycles. The Balaban J connectivity index is 1.18. The van der Waals surface area contributed by atoms with Crippen molar-refractivity contribution in [2.24, 2.45) is 5.41 Å². The number of benzene rings is 1. The Morgan fingerprint density at radius 3 is 2.67 bits per heavy atom. The van der Waals surface area contributed by atoms with Gasteiger partial charge in [0.1, 0.15) is 5.75 Å². The van der Waals surface area contributed by atoms with Crippen LogP contribution in [0, 0.1) is 5.41 Å². The van der Waals surface area contributed by atoms with Crippen molar-refractivity contribution in [3.05, 3.63) is 29.8 Å². The van der Waals surface area contributed by atoms with Gasteiger partial charge in [-0.3, -0.25) is 9.80 Å². The number of hydrogen-bond donors (Lipinski definition) is 1. The second-order valence-corrected chi connectivity index (χ2v) is 8.54. The van der Waals surface area contributed by atoms with Gasteiger partial charge in [0.2, 0.25) is 0 Å². The third-order valence-corrected chi connectivity index (χ3v) is 6.39. The van der Waals surface area contributed by atoms with Crippen LogP contribution in [0.4, 0.5) is 0 Å². The number of likely N-dealkylation sites (tertiary alicyclic amines) is 1. The summed E-state index contributed by atoms with van der Waals surface area (Å²) in [5.74, 6) is 0.996. The molecule has 1 N–H and O–H groups in total. The maximum absolute atomic E-state index is 5.94. The van der Waals surface area contributed by atoms with Crippen LogP contribution in [0.15, 0.2) is 24.3 Å². The smallest absolute Gasteiger partial charge is 0.119 e. The average molecular weight is 374 g/mol. The molecule has 3 fully saturated rings. The second-order valence-electron chi connectivity index (χ2n) is 8.54. The number of morpholine rings is 1. The first-order valence-corrected chi connectivity index (χ1v) is 10.8. The minimum Gasteiger partial charge on any atom is -0.494 e. The summed E-state index contributed by atoms with van der Waals surface area (Å²) >= 11 is 0. The monoisotopic (exact) mass is 373 g/mol. The van der Waals surface area contributed by atoms with E-state index < -0.39 is 0 Å². The van der Waals surface area contributed by atoms with Crippen molar-refractivity contribution in [1.82, 2.24) is 15.1 Å². The van der Waals surface area contributed by atoms with Crippen LogP contribution in [0.2, 0.25) is 0 Å². The first kappa shape index (κ1) is 19.2. The topological polar surface area (TPSA) is 37.0 Å². The number of ether oxygens (including phenoxy) is 2. The molecule has 3 aliphatic heterocycles. The summed E-state index contributed by atoms with van der Waals surface area (Å²) in [6.07, 6.45) is 5.16. The molecule has 0 unspecified atom stereocenters. The van der Waals surface area contributed by atoms with Gasteiger partial charge in [-0.15, -0.1) is 0 Å². The van der Waals surface area contributed by atoms with Crippen LogP contribution < -0.4 is 10.1 Å². The Labute approximate surface area is 164 Å². The van der Waals surface area contributed by atoms with Gasteiger partial charge >= 0.3 is 0 Å². The molecule has 5 nitrogen and oxygen atoms in total. The van der Waals surface area contributed by atoms with Crippen molar-refractivity contribution in [3.63, 3.8) is 0 Å². The maximum atomic E-state index is 5.94. The summed E-state index contributed by atoms with van der Waals surface area (Å²) in [6.45, 7) is 11.7. The highest BCUT2D eigenvalue weighted by molar-refractivity contribution is 5.27. The SMILES string of the molecule is c1cc(OCCCN2CCOCC2)ccc1CN1CCC[C@@]2(CCNC2)C1. The largest absolute Gasteiger partial charge is 0.494 e. The van der Waals surface area contributed by atoms with Crippen LogP contribution in [0.3, 0.4) is 0 Å². The molecular formula is C22H35N3O2. The molecule has 0 aliphatic carbocycles. The van der Waals surface area contributed by atoms with Crippen molar-refractivity contribution < 1.29 is 9.47 Å². The number of piperidine rings is 1. The van der Waals surface area contributed by atoms with Crippen LogP contribution in [0.1, 0.15) is 31.2 Å². The predicted molar refractivity (Wildman–Crippen MR) is 108 cm³/mol. The van der Waals surface area contributed by atoms with E-state index in [9.17, 15) is 0 Å². The Morgan fingerprint density at radius 2 is 1.89 bits per heavy atom. The summed E-state index contributed by atoms with van der Waals surface area (Å²) in [7, 11) is 0. The lowest BCUT2D eigenvalue weighted by molar-refractivity contribution is 0.0358. The first-order chi connectivity index (χ1) is 13.3. The molecule has 1 aromatic carbocycles. The highest BCUT2D eigenvalue weighted by atomic mass is 16.5. The minimum absolute atomic E-state index is 0.543. The molecule has 150 valence electrons. The van der Waals surface area contributed by atoms with Crippen LogP contribution in [0.5, 0.6) is 5.75 Å². The summed E-state index contributed by atoms with van der Waals surface area (Å²) in [5, 5.41) is 3.57. The van der Waals surface area contributed by atoms with E-state index in [4.69, 9.17) is 9.47 Å². The molecule has 4 rings (SSSR count). The Kier molecular flexibility index (Phi) is 6.66. The Hall–Kier alpha value is -1.14. The normalized spacial score (nSPS) is 27.3. The quantitative estimate of drug-likeness (QED) is 0.743. The number of nitrogens with zero attached hydrogens (tertiary/aromatic N) is 2. The van der Waals surface area contributed by atoms with Gasteiger partial charge in [0, 0.05) is 39.3 Å². The van der Waals surface area contributed by atoms with E-state index in [1.54, 1.807) is 0 Å². The highest BCUT2D eigenvalue weighted by Crippen LogP contribution is 2.36. The Bertz CT molecular complexity index is 565. The van der Waals surface area contributed by atoms with Crippen molar-refractivity contribution >= 4 is 0 Å². The van der Waals surface area contributed by atoms with Gasteiger partial charge in [0.25, 0.3) is 0 Å². The van der Waals surface area contributed by atoms with Crippen molar-refractivity contribution in [2.75, 3.05) is 65.6 Å². The fourth-order valence-corrected chi connectivity index (χ4v) is 4.84. The van der Waals surface area contributed by atoms with Crippen LogP contribution in [0.25, 0.3) is 0 Å². The van der Waals surface area contributed by atoms with Crippen molar-refractivity contribution in [3.8, 4) is 5.75 Å². The van der Waals surface area contributed by atoms with Gasteiger partial charge in [0.15, 0.2) is 0 Å². The molecule has 3 heterocycles. The van der Waals surface area contributed by atoms with Gasteiger partial charge < -0.3 is 14.8 Å². The average Bonchev–Trinajstić information content (AvgIpc) is 3.15. The zero-order valence-corrected chi connectivity index (χ0v) is 16.6. The van der Waals surface area contributed by atoms with E-state index in [2.05, 4.69) is 39.4 Å². The lowest BCUT2D eigenvalue weighted by atomic mass is 9.79. The third-order valence-electron chi connectivity index (χ3n) is 6.39. The van der Waals surface area contributed by atoms with E-state index in [-0.39, 0.29) is 0 Å². The van der Waals surface area contributed by atoms with E-state index in [1.807, 2.05) is 0 Å². The molecule has 0 amide bonds. The van der Waals surface area contributed by atoms with Gasteiger partial charge in [0.05, 0.1) is 19.8 Å². The molecule has 5 heteroatoms. The minimum atomic E-state index is 0.543. The fourth-order valence-electron chi connectivity index (χ4n) is 4.84. The van der Waals surface area contributed by atoms with E-state index >= 15 is 0 Å². The lowest BCUT2D eigenvalue weighted by Crippen LogP contribution is -2.43. The molecule has 1 aromatic rings. The van der Waals surface area contributed by atoms with Crippen molar-refractivity contribution in [2.45, 2.75) is 32.2 Å². The van der Waals surface area contributed by atoms with Crippen LogP contribution in [-0.2, 0) is 11.3 Å². The van der Waals surface area contributed by atoms with Crippen LogP contribution in [-0.4, -0.2) is 75.4 Å². The van der Waals surface area contributed by atoms with Crippen LogP contribution >= 0.6 is 0 Å². The fraction of sp³-hybridized carbons (Fsp3) is 0.727. The van der Waals surface area contributed by atoms with E-state index in [0.29, 0.717) is 5.41 Å². The highest BCUT2D eigenvalue weighted by Gasteiger charge is 2.37. The van der Waals surface area contributed by atoms with Gasteiger partial charge in [-0.2, -0.15) is 0 Å². The summed E-state index contributed by atoms with van der Waals surface area (Å²) < 4.78 is 11.3. The second kappa shape index (κ2) is 9.37. The number of rotatable bonds is 7. The lowest BCUT2D eigenvalue weighted by Gasteiger charge is -2.40. The van der Waals surface area contributed by atoms with E-state index in [1.165, 1.54) is 51.0 Å². The Morgan fingerprint density at radius 1 is 1.04 bits per heavy atom. The summed E-state index contributed by atoms with van der Waals surface area (Å²) in [5.41, 5.74) is 1.94. The standard InChI is InChI=1S/C22H35N3O2/c1-7-22(8-9-23-18-22)19-25(10-1)17-20-3-5-21(6-4-20)27-14-2-11-24-12-15-26-16-13-24/h3-6,23H,1-2,7-19H2/t22-/m0/s1. The first-order valence-electron chi connectivity index (χ1n) is 10.8. The zero-order chi connectivity index (χ0) is 18.4. The summed E-state index contributed by atoms with van der Waals surface area (Å²) in [6, 6.07) is 8.76. The molecule has 3 aliphatic rings. The van der Waals surface area contributed by atoms with Gasteiger partial charge in [-0.25, -0.2) is 0 Å². The molecule has 0 radical (unpaired) electrons. The van der Waals surface area contributed by atoms with Crippen molar-refractivity contribution in [1.29, 1.82) is 0 Å². The molecule has 1 spiro atoms. The predicted octanol–water partition coefficient (Wildman–Crippen LogP) is 2.36. The molecule has 0 saturated carbocycles. The number of hydrogen-bond acceptors (Lipinski definition) is 5. The number of nitrogens with one attached hydrogen (secondary N) is 1. The molecule has 27 heavy (non-hydrogen) atoms. The van der Waals surface area contributed by atoms with E-state index in [0.717, 1.165) is 58.2 Å². The third kappa shape index (κ3) is 5.44. The zero-order valence-electron chi connectivity index (χ0n) is 16.6.